The molecule has 1 aliphatic heterocycles. The van der Waals surface area contributed by atoms with E-state index in [1.807, 2.05) is 6.92 Å². The van der Waals surface area contributed by atoms with Crippen molar-refractivity contribution >= 4 is 23.8 Å². The molecule has 1 aliphatic rings. The van der Waals surface area contributed by atoms with Crippen LogP contribution in [0.5, 0.6) is 0 Å². The van der Waals surface area contributed by atoms with Crippen molar-refractivity contribution in [2.24, 2.45) is 0 Å². The van der Waals surface area contributed by atoms with Crippen LogP contribution in [0.25, 0.3) is 0 Å². The molecule has 2 N–H and O–H groups in total. The van der Waals surface area contributed by atoms with Gasteiger partial charge in [0.25, 0.3) is 5.91 Å². The van der Waals surface area contributed by atoms with Gasteiger partial charge in [-0.25, -0.2) is 4.79 Å². The van der Waals surface area contributed by atoms with E-state index in [4.69, 9.17) is 5.11 Å². The minimum Gasteiger partial charge on any atom is -0.480 e. The van der Waals surface area contributed by atoms with Crippen molar-refractivity contribution in [2.75, 3.05) is 19.6 Å². The van der Waals surface area contributed by atoms with E-state index in [-0.39, 0.29) is 31.4 Å². The molecular weight excluding hydrogens is 314 g/mol. The fourth-order valence-electron chi connectivity index (χ4n) is 2.42. The molecule has 8 nitrogen and oxygen atoms in total. The van der Waals surface area contributed by atoms with Crippen LogP contribution >= 0.6 is 0 Å². The van der Waals surface area contributed by atoms with Gasteiger partial charge in [0, 0.05) is 12.1 Å². The number of hydrogen-bond donors (Lipinski definition) is 2. The highest BCUT2D eigenvalue weighted by molar-refractivity contribution is 6.01. The molecule has 0 bridgehead atoms. The smallest absolute Gasteiger partial charge is 0.324 e. The first kappa shape index (κ1) is 17.5. The Hall–Kier alpha value is -2.90. The van der Waals surface area contributed by atoms with E-state index < -0.39 is 12.0 Å². The molecule has 1 saturated heterocycles. The third-order valence-electron chi connectivity index (χ3n) is 3.59. The van der Waals surface area contributed by atoms with Crippen LogP contribution in [-0.4, -0.2) is 58.4 Å². The first-order chi connectivity index (χ1) is 11.4. The molecule has 1 aromatic carbocycles. The summed E-state index contributed by atoms with van der Waals surface area (Å²) in [7, 11) is 0. The summed E-state index contributed by atoms with van der Waals surface area (Å²) in [6, 6.07) is 6.01. The minimum atomic E-state index is -1.06. The van der Waals surface area contributed by atoms with Crippen molar-refractivity contribution in [1.82, 2.24) is 15.1 Å². The number of carboxylic acids is 1. The molecule has 0 saturated carbocycles. The molecule has 0 atom stereocenters. The Bertz CT molecular complexity index is 640. The van der Waals surface area contributed by atoms with E-state index in [1.54, 1.807) is 24.3 Å². The van der Waals surface area contributed by atoms with Crippen LogP contribution in [0, 0.1) is 0 Å². The predicted octanol–water partition coefficient (Wildman–Crippen LogP) is 0.675. The van der Waals surface area contributed by atoms with Gasteiger partial charge in [0.15, 0.2) is 0 Å². The van der Waals surface area contributed by atoms with Gasteiger partial charge < -0.3 is 15.3 Å². The summed E-state index contributed by atoms with van der Waals surface area (Å²) in [5, 5.41) is 11.3. The Morgan fingerprint density at radius 3 is 2.42 bits per heavy atom. The van der Waals surface area contributed by atoms with Crippen molar-refractivity contribution in [3.05, 3.63) is 35.4 Å². The zero-order chi connectivity index (χ0) is 17.7. The number of nitrogens with one attached hydrogen (secondary N) is 1. The zero-order valence-corrected chi connectivity index (χ0v) is 13.3. The lowest BCUT2D eigenvalue weighted by atomic mass is 10.1. The van der Waals surface area contributed by atoms with Crippen molar-refractivity contribution in [3.63, 3.8) is 0 Å². The average Bonchev–Trinajstić information content (AvgIpc) is 2.86. The summed E-state index contributed by atoms with van der Waals surface area (Å²) in [4.78, 5) is 48.7. The molecule has 0 aliphatic carbocycles. The van der Waals surface area contributed by atoms with E-state index >= 15 is 0 Å². The van der Waals surface area contributed by atoms with E-state index in [2.05, 4.69) is 5.32 Å². The molecule has 0 radical (unpaired) electrons. The number of carbonyl (C=O) groups excluding carboxylic acids is 3. The summed E-state index contributed by atoms with van der Waals surface area (Å²) in [6.45, 7) is 2.00. The third-order valence-corrected chi connectivity index (χ3v) is 3.59. The van der Waals surface area contributed by atoms with Crippen LogP contribution in [0.4, 0.5) is 4.79 Å². The van der Waals surface area contributed by atoms with Crippen molar-refractivity contribution in [3.8, 4) is 0 Å². The molecule has 1 fully saturated rings. The van der Waals surface area contributed by atoms with Crippen LogP contribution in [0.1, 0.15) is 29.3 Å². The number of amides is 4. The molecule has 0 spiro atoms. The third kappa shape index (κ3) is 4.09. The SMILES string of the molecule is CCCN(CC(=O)O)C(=O)c1ccc(CN2C(=O)CNC2=O)cc1. The van der Waals surface area contributed by atoms with Crippen LogP contribution in [0.15, 0.2) is 24.3 Å². The van der Waals surface area contributed by atoms with Crippen molar-refractivity contribution in [2.45, 2.75) is 19.9 Å². The number of rotatable bonds is 7. The standard InChI is InChI=1S/C16H19N3O5/c1-2-7-18(10-14(21)22)15(23)12-5-3-11(4-6-12)9-19-13(20)8-17-16(19)24/h3-6H,2,7-10H2,1H3,(H,17,24)(H,21,22). The number of urea groups is 1. The number of nitrogens with zero attached hydrogens (tertiary/aromatic N) is 2. The topological polar surface area (TPSA) is 107 Å². The van der Waals surface area contributed by atoms with E-state index in [9.17, 15) is 19.2 Å². The van der Waals surface area contributed by atoms with Gasteiger partial charge in [0.1, 0.15) is 6.54 Å². The summed E-state index contributed by atoms with van der Waals surface area (Å²) in [6.07, 6.45) is 0.656. The number of carbonyl (C=O) groups is 4. The Morgan fingerprint density at radius 2 is 1.92 bits per heavy atom. The second kappa shape index (κ2) is 7.58. The monoisotopic (exact) mass is 333 g/mol. The van der Waals surface area contributed by atoms with Gasteiger partial charge in [0.2, 0.25) is 5.91 Å². The number of carboxylic acid groups (broad SMARTS) is 1. The summed E-state index contributed by atoms with van der Waals surface area (Å²) < 4.78 is 0. The van der Waals surface area contributed by atoms with Gasteiger partial charge in [-0.15, -0.1) is 0 Å². The number of aliphatic carboxylic acids is 1. The second-order valence-electron chi connectivity index (χ2n) is 5.46. The van der Waals surface area contributed by atoms with Crippen LogP contribution in [-0.2, 0) is 16.1 Å². The number of benzene rings is 1. The fraction of sp³-hybridized carbons (Fsp3) is 0.375. The summed E-state index contributed by atoms with van der Waals surface area (Å²) in [5.74, 6) is -1.72. The average molecular weight is 333 g/mol. The molecule has 4 amide bonds. The Labute approximate surface area is 139 Å². The molecule has 8 heteroatoms. The van der Waals surface area contributed by atoms with Crippen molar-refractivity contribution < 1.29 is 24.3 Å². The number of imide groups is 1. The molecule has 24 heavy (non-hydrogen) atoms. The van der Waals surface area contributed by atoms with Gasteiger partial charge in [-0.3, -0.25) is 19.3 Å². The lowest BCUT2D eigenvalue weighted by Crippen LogP contribution is -2.36. The fourth-order valence-corrected chi connectivity index (χ4v) is 2.42. The lowest BCUT2D eigenvalue weighted by Gasteiger charge is -2.20. The van der Waals surface area contributed by atoms with Gasteiger partial charge in [-0.1, -0.05) is 19.1 Å². The van der Waals surface area contributed by atoms with Crippen LogP contribution in [0.2, 0.25) is 0 Å². The molecule has 1 aromatic rings. The summed E-state index contributed by atoms with van der Waals surface area (Å²) in [5.41, 5.74) is 1.07. The van der Waals surface area contributed by atoms with Crippen LogP contribution in [0.3, 0.4) is 0 Å². The summed E-state index contributed by atoms with van der Waals surface area (Å²) >= 11 is 0. The maximum Gasteiger partial charge on any atom is 0.324 e. The quantitative estimate of drug-likeness (QED) is 0.713. The molecular formula is C16H19N3O5. The van der Waals surface area contributed by atoms with E-state index in [1.165, 1.54) is 4.90 Å². The van der Waals surface area contributed by atoms with Gasteiger partial charge in [-0.2, -0.15) is 0 Å². The maximum absolute atomic E-state index is 12.4. The Balaban J connectivity index is 2.07. The maximum atomic E-state index is 12.4. The zero-order valence-electron chi connectivity index (χ0n) is 13.3. The first-order valence-corrected chi connectivity index (χ1v) is 7.60. The second-order valence-corrected chi connectivity index (χ2v) is 5.46. The molecule has 128 valence electrons. The molecule has 0 unspecified atom stereocenters. The van der Waals surface area contributed by atoms with Crippen molar-refractivity contribution in [1.29, 1.82) is 0 Å². The molecule has 1 heterocycles. The predicted molar refractivity (Wildman–Crippen MR) is 84.2 cm³/mol. The van der Waals surface area contributed by atoms with Gasteiger partial charge >= 0.3 is 12.0 Å². The minimum absolute atomic E-state index is 0.00340. The van der Waals surface area contributed by atoms with E-state index in [0.717, 1.165) is 4.90 Å². The van der Waals surface area contributed by atoms with E-state index in [0.29, 0.717) is 24.1 Å². The highest BCUT2D eigenvalue weighted by Crippen LogP contribution is 2.12. The Morgan fingerprint density at radius 1 is 1.25 bits per heavy atom. The lowest BCUT2D eigenvalue weighted by molar-refractivity contribution is -0.137. The molecule has 0 aromatic heterocycles. The highest BCUT2D eigenvalue weighted by Gasteiger charge is 2.28. The molecule has 2 rings (SSSR count). The normalized spacial score (nSPS) is 13.8. The first-order valence-electron chi connectivity index (χ1n) is 7.60. The number of hydrogen-bond acceptors (Lipinski definition) is 4. The largest absolute Gasteiger partial charge is 0.480 e. The Kier molecular flexibility index (Phi) is 5.51. The highest BCUT2D eigenvalue weighted by atomic mass is 16.4. The van der Waals surface area contributed by atoms with Gasteiger partial charge in [-0.05, 0) is 24.1 Å². The van der Waals surface area contributed by atoms with Crippen LogP contribution < -0.4 is 5.32 Å². The van der Waals surface area contributed by atoms with Gasteiger partial charge in [0.05, 0.1) is 13.1 Å².